The van der Waals surface area contributed by atoms with Gasteiger partial charge in [-0.3, -0.25) is 4.79 Å². The van der Waals surface area contributed by atoms with Crippen LogP contribution in [-0.2, 0) is 11.3 Å². The largest absolute Gasteiger partial charge is 0.383 e. The van der Waals surface area contributed by atoms with Crippen LogP contribution in [0.1, 0.15) is 28.3 Å². The first-order valence-corrected chi connectivity index (χ1v) is 6.58. The highest BCUT2D eigenvalue weighted by atomic mass is 32.1. The van der Waals surface area contributed by atoms with Crippen molar-refractivity contribution in [1.82, 2.24) is 9.88 Å². The number of nitrogens with zero attached hydrogens (tertiary/aromatic N) is 2. The van der Waals surface area contributed by atoms with Crippen molar-refractivity contribution in [3.63, 3.8) is 0 Å². The molecule has 2 N–H and O–H groups in total. The van der Waals surface area contributed by atoms with Crippen molar-refractivity contribution < 1.29 is 9.53 Å². The van der Waals surface area contributed by atoms with Gasteiger partial charge in [0.25, 0.3) is 5.91 Å². The Morgan fingerprint density at radius 2 is 2.47 bits per heavy atom. The van der Waals surface area contributed by atoms with Gasteiger partial charge in [-0.1, -0.05) is 0 Å². The normalized spacial score (nSPS) is 14.9. The molecule has 94 valence electrons. The van der Waals surface area contributed by atoms with Crippen LogP contribution in [0.5, 0.6) is 0 Å². The average Bonchev–Trinajstić information content (AvgIpc) is 3.06. The molecule has 0 spiro atoms. The molecule has 17 heavy (non-hydrogen) atoms. The van der Waals surface area contributed by atoms with Gasteiger partial charge in [0.1, 0.15) is 10.7 Å². The first-order valence-electron chi connectivity index (χ1n) is 5.70. The fraction of sp³-hybridized carbons (Fsp3) is 0.636. The van der Waals surface area contributed by atoms with E-state index < -0.39 is 0 Å². The number of ether oxygens (including phenoxy) is 1. The number of carbonyl (C=O) groups is 1. The summed E-state index contributed by atoms with van der Waals surface area (Å²) < 4.78 is 5.03. The van der Waals surface area contributed by atoms with Gasteiger partial charge in [0, 0.05) is 31.6 Å². The van der Waals surface area contributed by atoms with E-state index in [0.717, 1.165) is 17.8 Å². The van der Waals surface area contributed by atoms with Crippen LogP contribution in [0.3, 0.4) is 0 Å². The van der Waals surface area contributed by atoms with Crippen LogP contribution < -0.4 is 5.73 Å². The van der Waals surface area contributed by atoms with Crippen molar-refractivity contribution in [1.29, 1.82) is 0 Å². The van der Waals surface area contributed by atoms with E-state index in [0.29, 0.717) is 31.4 Å². The van der Waals surface area contributed by atoms with Gasteiger partial charge in [-0.25, -0.2) is 4.98 Å². The van der Waals surface area contributed by atoms with Crippen LogP contribution in [0.15, 0.2) is 5.38 Å². The fourth-order valence-corrected chi connectivity index (χ4v) is 2.32. The summed E-state index contributed by atoms with van der Waals surface area (Å²) in [5.74, 6) is 0.000463. The summed E-state index contributed by atoms with van der Waals surface area (Å²) in [4.78, 5) is 18.3. The van der Waals surface area contributed by atoms with Crippen LogP contribution in [0.4, 0.5) is 0 Å². The second-order valence-electron chi connectivity index (χ2n) is 4.05. The van der Waals surface area contributed by atoms with Gasteiger partial charge >= 0.3 is 0 Å². The Bertz CT molecular complexity index is 390. The summed E-state index contributed by atoms with van der Waals surface area (Å²) in [5, 5.41) is 2.59. The van der Waals surface area contributed by atoms with Crippen molar-refractivity contribution >= 4 is 17.2 Å². The smallest absolute Gasteiger partial charge is 0.273 e. The predicted octanol–water partition coefficient (Wildman–Crippen LogP) is 0.853. The molecule has 1 saturated carbocycles. The molecule has 2 rings (SSSR count). The number of nitrogens with two attached hydrogens (primary N) is 1. The maximum Gasteiger partial charge on any atom is 0.273 e. The Balaban J connectivity index is 2.04. The molecule has 0 radical (unpaired) electrons. The topological polar surface area (TPSA) is 68.5 Å². The van der Waals surface area contributed by atoms with Crippen molar-refractivity contribution in [2.75, 3.05) is 20.3 Å². The number of methoxy groups -OCH3 is 1. The maximum absolute atomic E-state index is 12.2. The van der Waals surface area contributed by atoms with E-state index in [4.69, 9.17) is 10.5 Å². The van der Waals surface area contributed by atoms with Crippen LogP contribution in [0, 0.1) is 0 Å². The first-order chi connectivity index (χ1) is 8.26. The van der Waals surface area contributed by atoms with Gasteiger partial charge in [0.05, 0.1) is 6.61 Å². The number of rotatable bonds is 6. The summed E-state index contributed by atoms with van der Waals surface area (Å²) in [6.07, 6.45) is 2.17. The molecule has 1 aliphatic rings. The number of carbonyl (C=O) groups excluding carboxylic acids is 1. The zero-order valence-electron chi connectivity index (χ0n) is 9.89. The highest BCUT2D eigenvalue weighted by Gasteiger charge is 2.33. The number of hydrogen-bond acceptors (Lipinski definition) is 5. The van der Waals surface area contributed by atoms with Gasteiger partial charge in [-0.2, -0.15) is 0 Å². The molecule has 1 heterocycles. The SMILES string of the molecule is COCCN(C(=O)c1csc(CN)n1)C1CC1. The molecule has 0 saturated heterocycles. The number of thiazole rings is 1. The molecule has 0 bridgehead atoms. The highest BCUT2D eigenvalue weighted by Crippen LogP contribution is 2.28. The molecule has 0 atom stereocenters. The zero-order chi connectivity index (χ0) is 12.3. The lowest BCUT2D eigenvalue weighted by atomic mass is 10.3. The Kier molecular flexibility index (Phi) is 4.09. The van der Waals surface area contributed by atoms with Crippen molar-refractivity contribution in [2.45, 2.75) is 25.4 Å². The summed E-state index contributed by atoms with van der Waals surface area (Å²) in [6.45, 7) is 1.59. The van der Waals surface area contributed by atoms with E-state index in [1.807, 2.05) is 4.90 Å². The van der Waals surface area contributed by atoms with E-state index in [1.54, 1.807) is 12.5 Å². The van der Waals surface area contributed by atoms with E-state index in [2.05, 4.69) is 4.98 Å². The molecule has 0 aliphatic heterocycles. The standard InChI is InChI=1S/C11H17N3O2S/c1-16-5-4-14(8-2-3-8)11(15)9-7-17-10(6-12)13-9/h7-8H,2-6,12H2,1H3. The molecular formula is C11H17N3O2S. The lowest BCUT2D eigenvalue weighted by Crippen LogP contribution is -2.36. The van der Waals surface area contributed by atoms with E-state index >= 15 is 0 Å². The monoisotopic (exact) mass is 255 g/mol. The minimum absolute atomic E-state index is 0.000463. The lowest BCUT2D eigenvalue weighted by Gasteiger charge is -2.20. The summed E-state index contributed by atoms with van der Waals surface area (Å²) in [7, 11) is 1.64. The Morgan fingerprint density at radius 3 is 3.00 bits per heavy atom. The molecule has 6 heteroatoms. The third-order valence-electron chi connectivity index (χ3n) is 2.73. The molecule has 1 fully saturated rings. The van der Waals surface area contributed by atoms with Crippen LogP contribution >= 0.6 is 11.3 Å². The van der Waals surface area contributed by atoms with Crippen molar-refractivity contribution in [3.8, 4) is 0 Å². The second-order valence-corrected chi connectivity index (χ2v) is 5.00. The quantitative estimate of drug-likeness (QED) is 0.818. The van der Waals surface area contributed by atoms with E-state index in [-0.39, 0.29) is 5.91 Å². The summed E-state index contributed by atoms with van der Waals surface area (Å²) in [5.41, 5.74) is 6.01. The van der Waals surface area contributed by atoms with Gasteiger partial charge < -0.3 is 15.4 Å². The van der Waals surface area contributed by atoms with Gasteiger partial charge in [-0.15, -0.1) is 11.3 Å². The predicted molar refractivity (Wildman–Crippen MR) is 65.9 cm³/mol. The molecule has 5 nitrogen and oxygen atoms in total. The minimum atomic E-state index is 0.000463. The summed E-state index contributed by atoms with van der Waals surface area (Å²) in [6, 6.07) is 0.376. The minimum Gasteiger partial charge on any atom is -0.383 e. The van der Waals surface area contributed by atoms with Crippen LogP contribution in [0.2, 0.25) is 0 Å². The average molecular weight is 255 g/mol. The highest BCUT2D eigenvalue weighted by molar-refractivity contribution is 7.09. The van der Waals surface area contributed by atoms with Gasteiger partial charge in [0.15, 0.2) is 0 Å². The zero-order valence-corrected chi connectivity index (χ0v) is 10.7. The van der Waals surface area contributed by atoms with Gasteiger partial charge in [-0.05, 0) is 12.8 Å². The first kappa shape index (κ1) is 12.5. The van der Waals surface area contributed by atoms with Crippen molar-refractivity contribution in [2.24, 2.45) is 5.73 Å². The Morgan fingerprint density at radius 1 is 1.71 bits per heavy atom. The van der Waals surface area contributed by atoms with E-state index in [1.165, 1.54) is 11.3 Å². The number of amides is 1. The third kappa shape index (κ3) is 3.02. The molecule has 1 aliphatic carbocycles. The molecule has 1 aromatic heterocycles. The Hall–Kier alpha value is -0.980. The molecule has 1 amide bonds. The number of aromatic nitrogens is 1. The summed E-state index contributed by atoms with van der Waals surface area (Å²) >= 11 is 1.44. The van der Waals surface area contributed by atoms with E-state index in [9.17, 15) is 4.79 Å². The fourth-order valence-electron chi connectivity index (χ4n) is 1.68. The lowest BCUT2D eigenvalue weighted by molar-refractivity contribution is 0.0675. The Labute approximate surface area is 105 Å². The van der Waals surface area contributed by atoms with Crippen LogP contribution in [0.25, 0.3) is 0 Å². The molecule has 0 unspecified atom stereocenters. The second kappa shape index (κ2) is 5.57. The maximum atomic E-state index is 12.2. The molecule has 1 aromatic rings. The van der Waals surface area contributed by atoms with Crippen LogP contribution in [-0.4, -0.2) is 42.1 Å². The molecular weight excluding hydrogens is 238 g/mol. The van der Waals surface area contributed by atoms with Gasteiger partial charge in [0.2, 0.25) is 0 Å². The third-order valence-corrected chi connectivity index (χ3v) is 3.60. The molecule has 0 aromatic carbocycles. The number of hydrogen-bond donors (Lipinski definition) is 1. The van der Waals surface area contributed by atoms with Crippen molar-refractivity contribution in [3.05, 3.63) is 16.1 Å².